The Morgan fingerprint density at radius 3 is 2.73 bits per heavy atom. The Hall–Kier alpha value is -2.67. The van der Waals surface area contributed by atoms with Crippen LogP contribution in [0.2, 0.25) is 0 Å². The molecule has 0 saturated carbocycles. The van der Waals surface area contributed by atoms with Crippen molar-refractivity contribution >= 4 is 33.2 Å². The molecule has 26 heavy (non-hydrogen) atoms. The lowest BCUT2D eigenvalue weighted by Crippen LogP contribution is -2.17. The number of thiophene rings is 1. The minimum Gasteiger partial charge on any atom is -0.451 e. The number of fused-ring (bicyclic) bond motifs is 1. The fourth-order valence-corrected chi connectivity index (χ4v) is 3.70. The van der Waals surface area contributed by atoms with E-state index in [4.69, 9.17) is 4.74 Å². The fraction of sp³-hybridized carbons (Fsp3) is 0.316. The lowest BCUT2D eigenvalue weighted by molar-refractivity contribution is 0.0320. The van der Waals surface area contributed by atoms with Crippen LogP contribution in [0.1, 0.15) is 39.7 Å². The summed E-state index contributed by atoms with van der Waals surface area (Å²) in [7, 11) is 3.81. The summed E-state index contributed by atoms with van der Waals surface area (Å²) in [6.45, 7) is 5.57. The predicted octanol–water partition coefficient (Wildman–Crippen LogP) is 3.59. The van der Waals surface area contributed by atoms with E-state index in [2.05, 4.69) is 9.97 Å². The number of aromatic amines is 1. The number of rotatable bonds is 4. The van der Waals surface area contributed by atoms with Crippen LogP contribution in [0.15, 0.2) is 29.1 Å². The molecule has 1 unspecified atom stereocenters. The number of esters is 1. The topological polar surface area (TPSA) is 75.3 Å². The molecule has 1 atom stereocenters. The van der Waals surface area contributed by atoms with Crippen LogP contribution >= 0.6 is 11.3 Å². The summed E-state index contributed by atoms with van der Waals surface area (Å²) >= 11 is 1.47. The molecule has 0 spiro atoms. The van der Waals surface area contributed by atoms with Crippen molar-refractivity contribution in [2.75, 3.05) is 19.0 Å². The van der Waals surface area contributed by atoms with Crippen LogP contribution in [-0.2, 0) is 4.74 Å². The number of anilines is 1. The lowest BCUT2D eigenvalue weighted by atomic mass is 10.2. The normalized spacial score (nSPS) is 12.2. The number of aromatic nitrogens is 2. The first-order valence-corrected chi connectivity index (χ1v) is 9.08. The zero-order valence-corrected chi connectivity index (χ0v) is 16.2. The molecule has 6 nitrogen and oxygen atoms in total. The third-order valence-electron chi connectivity index (χ3n) is 4.32. The monoisotopic (exact) mass is 371 g/mol. The van der Waals surface area contributed by atoms with Gasteiger partial charge in [0.2, 0.25) is 0 Å². The van der Waals surface area contributed by atoms with Crippen molar-refractivity contribution in [1.82, 2.24) is 9.97 Å². The number of nitrogens with one attached hydrogen (secondary N) is 1. The van der Waals surface area contributed by atoms with E-state index in [0.717, 1.165) is 16.1 Å². The van der Waals surface area contributed by atoms with E-state index in [9.17, 15) is 9.59 Å². The van der Waals surface area contributed by atoms with E-state index in [1.54, 1.807) is 25.1 Å². The highest BCUT2D eigenvalue weighted by Gasteiger charge is 2.19. The molecule has 0 aliphatic heterocycles. The highest BCUT2D eigenvalue weighted by Crippen LogP contribution is 2.27. The maximum absolute atomic E-state index is 12.5. The van der Waals surface area contributed by atoms with Gasteiger partial charge in [-0.2, -0.15) is 0 Å². The van der Waals surface area contributed by atoms with Crippen LogP contribution in [0.4, 0.5) is 5.69 Å². The minimum atomic E-state index is -0.662. The Kier molecular flexibility index (Phi) is 4.82. The molecule has 2 heterocycles. The van der Waals surface area contributed by atoms with E-state index in [-0.39, 0.29) is 5.56 Å². The SMILES string of the molecule is Cc1sc2nc(C(C)OC(=O)c3cccc(N(C)C)c3)[nH]c(=O)c2c1C. The average Bonchev–Trinajstić information content (AvgIpc) is 2.89. The van der Waals surface area contributed by atoms with Gasteiger partial charge in [-0.3, -0.25) is 4.79 Å². The van der Waals surface area contributed by atoms with E-state index in [1.165, 1.54) is 11.3 Å². The summed E-state index contributed by atoms with van der Waals surface area (Å²) in [5.41, 5.74) is 2.10. The van der Waals surface area contributed by atoms with Crippen LogP contribution in [0.3, 0.4) is 0 Å². The molecular formula is C19H21N3O3S. The largest absolute Gasteiger partial charge is 0.451 e. The number of carbonyl (C=O) groups excluding carboxylic acids is 1. The van der Waals surface area contributed by atoms with Crippen molar-refractivity contribution in [1.29, 1.82) is 0 Å². The second kappa shape index (κ2) is 6.92. The Bertz CT molecular complexity index is 1040. The zero-order valence-electron chi connectivity index (χ0n) is 15.4. The molecule has 0 fully saturated rings. The van der Waals surface area contributed by atoms with E-state index in [0.29, 0.717) is 21.6 Å². The van der Waals surface area contributed by atoms with Gasteiger partial charge in [-0.1, -0.05) is 6.07 Å². The van der Waals surface area contributed by atoms with Gasteiger partial charge in [0.15, 0.2) is 11.9 Å². The van der Waals surface area contributed by atoms with Gasteiger partial charge in [-0.05, 0) is 44.5 Å². The highest BCUT2D eigenvalue weighted by atomic mass is 32.1. The van der Waals surface area contributed by atoms with E-state index >= 15 is 0 Å². The predicted molar refractivity (Wildman–Crippen MR) is 104 cm³/mol. The molecule has 0 saturated heterocycles. The minimum absolute atomic E-state index is 0.204. The lowest BCUT2D eigenvalue weighted by Gasteiger charge is -2.15. The fourth-order valence-electron chi connectivity index (χ4n) is 2.66. The van der Waals surface area contributed by atoms with Gasteiger partial charge in [-0.15, -0.1) is 11.3 Å². The molecule has 0 amide bonds. The van der Waals surface area contributed by atoms with Crippen molar-refractivity contribution in [3.63, 3.8) is 0 Å². The number of nitrogens with zero attached hydrogens (tertiary/aromatic N) is 2. The number of ether oxygens (including phenoxy) is 1. The molecule has 0 bridgehead atoms. The number of hydrogen-bond acceptors (Lipinski definition) is 6. The van der Waals surface area contributed by atoms with Gasteiger partial charge in [0.1, 0.15) is 4.83 Å². The summed E-state index contributed by atoms with van der Waals surface area (Å²) in [6, 6.07) is 7.18. The third-order valence-corrected chi connectivity index (χ3v) is 5.43. The highest BCUT2D eigenvalue weighted by molar-refractivity contribution is 7.18. The van der Waals surface area contributed by atoms with Crippen LogP contribution < -0.4 is 10.5 Å². The molecule has 2 aromatic heterocycles. The maximum Gasteiger partial charge on any atom is 0.338 e. The second-order valence-electron chi connectivity index (χ2n) is 6.41. The molecule has 136 valence electrons. The number of H-pyrrole nitrogens is 1. The first-order valence-electron chi connectivity index (χ1n) is 8.26. The molecule has 0 aliphatic carbocycles. The Labute approximate surface area is 155 Å². The standard InChI is InChI=1S/C19H21N3O3S/c1-10-12(3)26-18-15(10)17(23)20-16(21-18)11(2)25-19(24)13-7-6-8-14(9-13)22(4)5/h6-9,11H,1-5H3,(H,20,21,23). The van der Waals surface area contributed by atoms with Crippen LogP contribution in [0.5, 0.6) is 0 Å². The van der Waals surface area contributed by atoms with Crippen molar-refractivity contribution in [3.8, 4) is 0 Å². The van der Waals surface area contributed by atoms with Gasteiger partial charge in [0, 0.05) is 24.7 Å². The zero-order chi connectivity index (χ0) is 19.0. The maximum atomic E-state index is 12.5. The van der Waals surface area contributed by atoms with E-state index < -0.39 is 12.1 Å². The Morgan fingerprint density at radius 1 is 1.31 bits per heavy atom. The molecule has 1 N–H and O–H groups in total. The summed E-state index contributed by atoms with van der Waals surface area (Å²) < 4.78 is 5.51. The second-order valence-corrected chi connectivity index (χ2v) is 7.61. The quantitative estimate of drug-likeness (QED) is 0.710. The van der Waals surface area contributed by atoms with Crippen molar-refractivity contribution in [2.24, 2.45) is 0 Å². The van der Waals surface area contributed by atoms with Gasteiger partial charge >= 0.3 is 5.97 Å². The van der Waals surface area contributed by atoms with Crippen LogP contribution in [-0.4, -0.2) is 30.0 Å². The van der Waals surface area contributed by atoms with Gasteiger partial charge in [0.25, 0.3) is 5.56 Å². The van der Waals surface area contributed by atoms with Gasteiger partial charge in [-0.25, -0.2) is 9.78 Å². The molecule has 0 aliphatic rings. The van der Waals surface area contributed by atoms with Crippen LogP contribution in [0.25, 0.3) is 10.2 Å². The summed E-state index contributed by atoms with van der Waals surface area (Å²) in [5.74, 6) is -0.108. The smallest absolute Gasteiger partial charge is 0.338 e. The number of aryl methyl sites for hydroxylation is 2. The number of benzene rings is 1. The molecule has 3 rings (SSSR count). The van der Waals surface area contributed by atoms with Crippen molar-refractivity contribution in [2.45, 2.75) is 26.9 Å². The Morgan fingerprint density at radius 2 is 2.04 bits per heavy atom. The third kappa shape index (κ3) is 3.35. The number of hydrogen-bond donors (Lipinski definition) is 1. The molecule has 0 radical (unpaired) electrons. The molecule has 1 aromatic carbocycles. The van der Waals surface area contributed by atoms with Crippen LogP contribution in [0, 0.1) is 13.8 Å². The molecular weight excluding hydrogens is 350 g/mol. The van der Waals surface area contributed by atoms with Crippen molar-refractivity contribution < 1.29 is 9.53 Å². The average molecular weight is 371 g/mol. The first kappa shape index (κ1) is 18.1. The van der Waals surface area contributed by atoms with Crippen molar-refractivity contribution in [3.05, 3.63) is 56.4 Å². The molecule has 7 heteroatoms. The summed E-state index contributed by atoms with van der Waals surface area (Å²) in [5, 5.41) is 0.605. The number of carbonyl (C=O) groups is 1. The molecule has 3 aromatic rings. The Balaban J connectivity index is 1.87. The summed E-state index contributed by atoms with van der Waals surface area (Å²) in [6.07, 6.45) is -0.662. The van der Waals surface area contributed by atoms with Gasteiger partial charge < -0.3 is 14.6 Å². The summed E-state index contributed by atoms with van der Waals surface area (Å²) in [4.78, 5) is 35.7. The van der Waals surface area contributed by atoms with Gasteiger partial charge in [0.05, 0.1) is 10.9 Å². The first-order chi connectivity index (χ1) is 12.3. The van der Waals surface area contributed by atoms with E-state index in [1.807, 2.05) is 38.9 Å².